The molecule has 3 atom stereocenters. The number of esters is 1. The van der Waals surface area contributed by atoms with Crippen molar-refractivity contribution >= 4 is 12.3 Å². The molecular formula is C13H23NO3. The van der Waals surface area contributed by atoms with Crippen molar-refractivity contribution in [2.24, 2.45) is 23.5 Å². The van der Waals surface area contributed by atoms with Gasteiger partial charge in [-0.25, -0.2) is 0 Å². The predicted molar refractivity (Wildman–Crippen MR) is 65.3 cm³/mol. The van der Waals surface area contributed by atoms with Gasteiger partial charge in [0.2, 0.25) is 0 Å². The van der Waals surface area contributed by atoms with Gasteiger partial charge in [0.05, 0.1) is 6.54 Å². The molecule has 0 aromatic heterocycles. The van der Waals surface area contributed by atoms with Crippen molar-refractivity contribution in [3.63, 3.8) is 0 Å². The van der Waals surface area contributed by atoms with Gasteiger partial charge in [0.25, 0.3) is 0 Å². The molecule has 2 N–H and O–H groups in total. The van der Waals surface area contributed by atoms with Gasteiger partial charge in [-0.05, 0) is 31.1 Å². The molecule has 0 bridgehead atoms. The lowest BCUT2D eigenvalue weighted by Crippen LogP contribution is -2.50. The summed E-state index contributed by atoms with van der Waals surface area (Å²) in [4.78, 5) is 22.8. The van der Waals surface area contributed by atoms with Crippen molar-refractivity contribution in [1.82, 2.24) is 0 Å². The van der Waals surface area contributed by atoms with Crippen LogP contribution in [0.2, 0.25) is 0 Å². The van der Waals surface area contributed by atoms with Gasteiger partial charge in [0.1, 0.15) is 0 Å². The molecule has 0 radical (unpaired) electrons. The highest BCUT2D eigenvalue weighted by molar-refractivity contribution is 5.76. The minimum atomic E-state index is -0.947. The Bertz CT molecular complexity index is 290. The van der Waals surface area contributed by atoms with Crippen molar-refractivity contribution in [2.45, 2.75) is 45.6 Å². The third kappa shape index (κ3) is 3.06. The number of rotatable bonds is 4. The highest BCUT2D eigenvalue weighted by atomic mass is 16.6. The van der Waals surface area contributed by atoms with Gasteiger partial charge in [0.15, 0.2) is 11.9 Å². The minimum absolute atomic E-state index is 0.0965. The third-order valence-corrected chi connectivity index (χ3v) is 3.79. The second-order valence-electron chi connectivity index (χ2n) is 5.48. The highest BCUT2D eigenvalue weighted by Gasteiger charge is 2.47. The number of hydrogen-bond donors (Lipinski definition) is 1. The zero-order chi connectivity index (χ0) is 13.1. The molecule has 17 heavy (non-hydrogen) atoms. The van der Waals surface area contributed by atoms with Crippen molar-refractivity contribution in [1.29, 1.82) is 0 Å². The van der Waals surface area contributed by atoms with Crippen LogP contribution < -0.4 is 5.73 Å². The van der Waals surface area contributed by atoms with E-state index in [9.17, 15) is 9.59 Å². The Hall–Kier alpha value is -0.900. The first-order valence-electron chi connectivity index (χ1n) is 6.33. The van der Waals surface area contributed by atoms with E-state index >= 15 is 0 Å². The van der Waals surface area contributed by atoms with Crippen LogP contribution in [0.3, 0.4) is 0 Å². The fraction of sp³-hybridized carbons (Fsp3) is 0.846. The fourth-order valence-corrected chi connectivity index (χ4v) is 2.80. The maximum absolute atomic E-state index is 11.4. The molecule has 0 aliphatic heterocycles. The van der Waals surface area contributed by atoms with E-state index in [1.54, 1.807) is 0 Å². The molecule has 0 spiro atoms. The van der Waals surface area contributed by atoms with E-state index in [4.69, 9.17) is 10.5 Å². The summed E-state index contributed by atoms with van der Waals surface area (Å²) in [6, 6.07) is 0. The lowest BCUT2D eigenvalue weighted by molar-refractivity contribution is -0.175. The van der Waals surface area contributed by atoms with E-state index in [1.165, 1.54) is 0 Å². The molecule has 1 aliphatic rings. The largest absolute Gasteiger partial charge is 0.450 e. The Labute approximate surface area is 103 Å². The smallest absolute Gasteiger partial charge is 0.320 e. The van der Waals surface area contributed by atoms with Gasteiger partial charge in [-0.15, -0.1) is 0 Å². The minimum Gasteiger partial charge on any atom is -0.450 e. The van der Waals surface area contributed by atoms with E-state index in [1.807, 2.05) is 0 Å². The Balaban J connectivity index is 2.92. The molecule has 4 heteroatoms. The molecule has 0 aromatic rings. The van der Waals surface area contributed by atoms with Gasteiger partial charge in [-0.2, -0.15) is 0 Å². The van der Waals surface area contributed by atoms with Crippen LogP contribution >= 0.6 is 0 Å². The molecule has 1 fully saturated rings. The van der Waals surface area contributed by atoms with Crippen molar-refractivity contribution in [3.05, 3.63) is 0 Å². The molecule has 0 amide bonds. The lowest BCUT2D eigenvalue weighted by atomic mass is 9.67. The van der Waals surface area contributed by atoms with E-state index in [-0.39, 0.29) is 12.5 Å². The van der Waals surface area contributed by atoms with E-state index in [2.05, 4.69) is 20.8 Å². The van der Waals surface area contributed by atoms with Gasteiger partial charge in [0, 0.05) is 5.92 Å². The maximum Gasteiger partial charge on any atom is 0.320 e. The lowest BCUT2D eigenvalue weighted by Gasteiger charge is -2.43. The SMILES string of the molecule is CC1CCC(C=O)(OC(=O)CN)C(C(C)C)C1. The Morgan fingerprint density at radius 1 is 1.59 bits per heavy atom. The van der Waals surface area contributed by atoms with Crippen molar-refractivity contribution < 1.29 is 14.3 Å². The van der Waals surface area contributed by atoms with Crippen LogP contribution in [0.5, 0.6) is 0 Å². The molecule has 1 rings (SSSR count). The summed E-state index contributed by atoms with van der Waals surface area (Å²) in [5.74, 6) is 0.497. The molecule has 0 heterocycles. The van der Waals surface area contributed by atoms with E-state index in [0.717, 1.165) is 19.1 Å². The normalized spacial score (nSPS) is 33.5. The summed E-state index contributed by atoms with van der Waals surface area (Å²) in [6.07, 6.45) is 3.28. The van der Waals surface area contributed by atoms with E-state index < -0.39 is 11.6 Å². The number of carbonyl (C=O) groups is 2. The molecule has 3 unspecified atom stereocenters. The number of aldehydes is 1. The fourth-order valence-electron chi connectivity index (χ4n) is 2.80. The Morgan fingerprint density at radius 2 is 2.24 bits per heavy atom. The van der Waals surface area contributed by atoms with Gasteiger partial charge < -0.3 is 10.5 Å². The topological polar surface area (TPSA) is 69.4 Å². The zero-order valence-electron chi connectivity index (χ0n) is 10.9. The third-order valence-electron chi connectivity index (χ3n) is 3.79. The van der Waals surface area contributed by atoms with E-state index in [0.29, 0.717) is 18.3 Å². The second kappa shape index (κ2) is 5.63. The van der Waals surface area contributed by atoms with Crippen LogP contribution in [-0.4, -0.2) is 24.4 Å². The molecule has 0 aromatic carbocycles. The molecular weight excluding hydrogens is 218 g/mol. The van der Waals surface area contributed by atoms with Crippen LogP contribution in [0.25, 0.3) is 0 Å². The van der Waals surface area contributed by atoms with Crippen LogP contribution in [0, 0.1) is 17.8 Å². The Kier molecular flexibility index (Phi) is 4.69. The summed E-state index contributed by atoms with van der Waals surface area (Å²) in [5, 5.41) is 0. The van der Waals surface area contributed by atoms with Crippen molar-refractivity contribution in [2.75, 3.05) is 6.54 Å². The summed E-state index contributed by atoms with van der Waals surface area (Å²) < 4.78 is 5.37. The molecule has 4 nitrogen and oxygen atoms in total. The number of ether oxygens (including phenoxy) is 1. The van der Waals surface area contributed by atoms with Crippen LogP contribution in [0.1, 0.15) is 40.0 Å². The van der Waals surface area contributed by atoms with Crippen LogP contribution in [0.15, 0.2) is 0 Å². The quantitative estimate of drug-likeness (QED) is 0.598. The number of nitrogens with two attached hydrogens (primary N) is 1. The Morgan fingerprint density at radius 3 is 2.71 bits per heavy atom. The average molecular weight is 241 g/mol. The van der Waals surface area contributed by atoms with Gasteiger partial charge in [-0.1, -0.05) is 20.8 Å². The van der Waals surface area contributed by atoms with Crippen LogP contribution in [-0.2, 0) is 14.3 Å². The summed E-state index contributed by atoms with van der Waals surface area (Å²) in [7, 11) is 0. The average Bonchev–Trinajstić information content (AvgIpc) is 2.31. The molecule has 0 saturated heterocycles. The molecule has 98 valence electrons. The second-order valence-corrected chi connectivity index (χ2v) is 5.48. The monoisotopic (exact) mass is 241 g/mol. The predicted octanol–water partition coefficient (Wildman–Crippen LogP) is 1.52. The van der Waals surface area contributed by atoms with Crippen molar-refractivity contribution in [3.8, 4) is 0 Å². The highest BCUT2D eigenvalue weighted by Crippen LogP contribution is 2.42. The summed E-state index contributed by atoms with van der Waals surface area (Å²) >= 11 is 0. The maximum atomic E-state index is 11.4. The zero-order valence-corrected chi connectivity index (χ0v) is 10.9. The first-order chi connectivity index (χ1) is 7.95. The summed E-state index contributed by atoms with van der Waals surface area (Å²) in [5.41, 5.74) is 4.31. The number of carbonyl (C=O) groups excluding carboxylic acids is 2. The summed E-state index contributed by atoms with van der Waals surface area (Å²) in [6.45, 7) is 6.14. The standard InChI is InChI=1S/C13H23NO3/c1-9(2)11-6-10(3)4-5-13(11,8-15)17-12(16)7-14/h8-11H,4-7,14H2,1-3H3. The molecule has 1 aliphatic carbocycles. The van der Waals surface area contributed by atoms with Gasteiger partial charge >= 0.3 is 5.97 Å². The number of hydrogen-bond acceptors (Lipinski definition) is 4. The first-order valence-corrected chi connectivity index (χ1v) is 6.33. The first kappa shape index (κ1) is 14.2. The van der Waals surface area contributed by atoms with Crippen LogP contribution in [0.4, 0.5) is 0 Å². The van der Waals surface area contributed by atoms with Gasteiger partial charge in [-0.3, -0.25) is 9.59 Å². The molecule has 1 saturated carbocycles.